The van der Waals surface area contributed by atoms with Crippen LogP contribution in [-0.2, 0) is 10.9 Å². The summed E-state index contributed by atoms with van der Waals surface area (Å²) in [5, 5.41) is 32.2. The SMILES string of the molecule is Cc1nc(C2CC(n3cc(-c4cc(F)c(Cl)c(F)c4)nn3)C(O)C(CO)O2)n(-c2cc(Cl)ccc2C(F)(F)F)n1. The number of hydrogen-bond donors (Lipinski definition) is 2. The van der Waals surface area contributed by atoms with Gasteiger partial charge in [-0.3, -0.25) is 0 Å². The summed E-state index contributed by atoms with van der Waals surface area (Å²) in [4.78, 5) is 4.28. The summed E-state index contributed by atoms with van der Waals surface area (Å²) in [6.07, 6.45) is -7.14. The van der Waals surface area contributed by atoms with E-state index in [1.807, 2.05) is 0 Å². The molecule has 0 saturated carbocycles. The van der Waals surface area contributed by atoms with Crippen LogP contribution in [-0.4, -0.2) is 58.8 Å². The Morgan fingerprint density at radius 3 is 2.48 bits per heavy atom. The van der Waals surface area contributed by atoms with E-state index in [4.69, 9.17) is 27.9 Å². The molecule has 2 aromatic carbocycles. The van der Waals surface area contributed by atoms with Gasteiger partial charge in [-0.15, -0.1) is 5.10 Å². The van der Waals surface area contributed by atoms with Crippen LogP contribution in [0.4, 0.5) is 22.0 Å². The molecule has 0 bridgehead atoms. The quantitative estimate of drug-likeness (QED) is 0.247. The Morgan fingerprint density at radius 1 is 1.12 bits per heavy atom. The van der Waals surface area contributed by atoms with Crippen molar-refractivity contribution in [3.05, 3.63) is 75.4 Å². The second-order valence-electron chi connectivity index (χ2n) is 9.07. The number of ether oxygens (including phenoxy) is 1. The third kappa shape index (κ3) is 5.29. The Morgan fingerprint density at radius 2 is 1.82 bits per heavy atom. The molecule has 16 heteroatoms. The molecule has 212 valence electrons. The summed E-state index contributed by atoms with van der Waals surface area (Å²) >= 11 is 11.6. The molecule has 1 saturated heterocycles. The minimum atomic E-state index is -4.74. The van der Waals surface area contributed by atoms with Crippen LogP contribution < -0.4 is 0 Å². The van der Waals surface area contributed by atoms with E-state index < -0.39 is 65.0 Å². The van der Waals surface area contributed by atoms with E-state index in [0.29, 0.717) is 0 Å². The van der Waals surface area contributed by atoms with Crippen LogP contribution in [0.15, 0.2) is 36.5 Å². The zero-order valence-corrected chi connectivity index (χ0v) is 21.8. The number of aryl methyl sites for hydroxylation is 1. The maximum Gasteiger partial charge on any atom is 0.418 e. The highest BCUT2D eigenvalue weighted by Gasteiger charge is 2.42. The maximum atomic E-state index is 14.0. The molecule has 40 heavy (non-hydrogen) atoms. The topological polar surface area (TPSA) is 111 Å². The Hall–Kier alpha value is -3.17. The summed E-state index contributed by atoms with van der Waals surface area (Å²) in [6, 6.07) is 4.01. The van der Waals surface area contributed by atoms with Crippen molar-refractivity contribution in [2.24, 2.45) is 0 Å². The highest BCUT2D eigenvalue weighted by molar-refractivity contribution is 6.31. The lowest BCUT2D eigenvalue weighted by Crippen LogP contribution is -2.45. The van der Waals surface area contributed by atoms with Crippen molar-refractivity contribution >= 4 is 23.2 Å². The molecule has 4 aromatic rings. The van der Waals surface area contributed by atoms with E-state index in [1.54, 1.807) is 0 Å². The molecule has 1 fully saturated rings. The number of benzene rings is 2. The van der Waals surface area contributed by atoms with Gasteiger partial charge in [-0.25, -0.2) is 23.1 Å². The molecule has 4 unspecified atom stereocenters. The Bertz CT molecular complexity index is 1540. The van der Waals surface area contributed by atoms with Crippen molar-refractivity contribution in [2.75, 3.05) is 6.61 Å². The smallest absolute Gasteiger partial charge is 0.394 e. The predicted octanol–water partition coefficient (Wildman–Crippen LogP) is 4.86. The van der Waals surface area contributed by atoms with Crippen LogP contribution in [0.5, 0.6) is 0 Å². The van der Waals surface area contributed by atoms with E-state index in [9.17, 15) is 32.2 Å². The molecule has 0 radical (unpaired) electrons. The normalized spacial score (nSPS) is 21.6. The second kappa shape index (κ2) is 10.7. The zero-order chi connectivity index (χ0) is 28.9. The van der Waals surface area contributed by atoms with Crippen LogP contribution in [0.25, 0.3) is 16.9 Å². The number of aliphatic hydroxyl groups excluding tert-OH is 2. The Balaban J connectivity index is 1.54. The summed E-state index contributed by atoms with van der Waals surface area (Å²) in [5.41, 5.74) is -1.33. The average Bonchev–Trinajstić information content (AvgIpc) is 3.53. The van der Waals surface area contributed by atoms with E-state index in [0.717, 1.165) is 35.0 Å². The van der Waals surface area contributed by atoms with Gasteiger partial charge in [-0.05, 0) is 37.3 Å². The molecule has 0 aliphatic carbocycles. The molecule has 0 amide bonds. The summed E-state index contributed by atoms with van der Waals surface area (Å²) < 4.78 is 77.5. The van der Waals surface area contributed by atoms with Crippen molar-refractivity contribution in [1.29, 1.82) is 0 Å². The molecule has 5 rings (SSSR count). The van der Waals surface area contributed by atoms with Crippen LogP contribution in [0.2, 0.25) is 10.0 Å². The van der Waals surface area contributed by atoms with E-state index >= 15 is 0 Å². The van der Waals surface area contributed by atoms with E-state index in [2.05, 4.69) is 20.4 Å². The number of nitrogens with zero attached hydrogens (tertiary/aromatic N) is 6. The number of halogens is 7. The molecule has 2 aromatic heterocycles. The molecular weight excluding hydrogens is 586 g/mol. The average molecular weight is 605 g/mol. The summed E-state index contributed by atoms with van der Waals surface area (Å²) in [7, 11) is 0. The van der Waals surface area contributed by atoms with Gasteiger partial charge < -0.3 is 14.9 Å². The van der Waals surface area contributed by atoms with Gasteiger partial charge in [0.15, 0.2) is 5.82 Å². The molecule has 9 nitrogen and oxygen atoms in total. The highest BCUT2D eigenvalue weighted by atomic mass is 35.5. The van der Waals surface area contributed by atoms with Crippen LogP contribution >= 0.6 is 23.2 Å². The number of aromatic nitrogens is 6. The van der Waals surface area contributed by atoms with Gasteiger partial charge in [0.25, 0.3) is 0 Å². The van der Waals surface area contributed by atoms with Crippen molar-refractivity contribution in [1.82, 2.24) is 29.8 Å². The second-order valence-corrected chi connectivity index (χ2v) is 9.88. The Labute approximate surface area is 232 Å². The third-order valence-corrected chi connectivity index (χ3v) is 6.99. The molecular formula is C24H19Cl2F5N6O3. The minimum Gasteiger partial charge on any atom is -0.394 e. The first-order valence-electron chi connectivity index (χ1n) is 11.7. The molecule has 2 N–H and O–H groups in total. The van der Waals surface area contributed by atoms with Crippen LogP contribution in [0.1, 0.15) is 35.8 Å². The number of aliphatic hydroxyl groups is 2. The minimum absolute atomic E-state index is 0.0263. The van der Waals surface area contributed by atoms with E-state index in [-0.39, 0.29) is 34.3 Å². The standard InChI is InChI=1S/C24H19Cl2F5N6O3/c1-10-32-23(37(34-10)17-6-12(25)2-3-13(17)24(29,30)31)19-7-18(22(39)20(9-38)40-19)36-8-16(33-35-36)11-4-14(27)21(26)15(28)5-11/h2-6,8,18-20,22,38-39H,7,9H2,1H3. The van der Waals surface area contributed by atoms with Gasteiger partial charge in [0, 0.05) is 17.0 Å². The van der Waals surface area contributed by atoms with Crippen LogP contribution in [0, 0.1) is 18.6 Å². The third-order valence-electron chi connectivity index (χ3n) is 6.40. The fourth-order valence-corrected chi connectivity index (χ4v) is 4.82. The van der Waals surface area contributed by atoms with Crippen LogP contribution in [0.3, 0.4) is 0 Å². The zero-order valence-electron chi connectivity index (χ0n) is 20.3. The fourth-order valence-electron chi connectivity index (χ4n) is 4.55. The van der Waals surface area contributed by atoms with Crippen molar-refractivity contribution in [3.63, 3.8) is 0 Å². The van der Waals surface area contributed by atoms with Crippen molar-refractivity contribution < 1.29 is 36.9 Å². The van der Waals surface area contributed by atoms with Crippen molar-refractivity contribution in [3.8, 4) is 16.9 Å². The fraction of sp³-hybridized carbons (Fsp3) is 0.333. The van der Waals surface area contributed by atoms with Crippen molar-refractivity contribution in [2.45, 2.75) is 43.9 Å². The monoisotopic (exact) mass is 604 g/mol. The molecule has 1 aliphatic rings. The summed E-state index contributed by atoms with van der Waals surface area (Å²) in [5.74, 6) is -1.93. The van der Waals surface area contributed by atoms with E-state index in [1.165, 1.54) is 17.8 Å². The molecule has 1 aliphatic heterocycles. The summed E-state index contributed by atoms with van der Waals surface area (Å²) in [6.45, 7) is 0.825. The van der Waals surface area contributed by atoms with Gasteiger partial charge in [0.05, 0.1) is 30.1 Å². The van der Waals surface area contributed by atoms with Gasteiger partial charge in [0.2, 0.25) is 0 Å². The lowest BCUT2D eigenvalue weighted by molar-refractivity contribution is -0.161. The first kappa shape index (κ1) is 28.4. The number of rotatable bonds is 5. The number of alkyl halides is 3. The molecule has 0 spiro atoms. The maximum absolute atomic E-state index is 14.0. The molecule has 3 heterocycles. The Kier molecular flexibility index (Phi) is 7.56. The number of hydrogen-bond acceptors (Lipinski definition) is 7. The predicted molar refractivity (Wildman–Crippen MR) is 131 cm³/mol. The lowest BCUT2D eigenvalue weighted by atomic mass is 9.95. The first-order valence-corrected chi connectivity index (χ1v) is 12.4. The lowest BCUT2D eigenvalue weighted by Gasteiger charge is -2.38. The largest absolute Gasteiger partial charge is 0.418 e. The van der Waals surface area contributed by atoms with Gasteiger partial charge >= 0.3 is 6.18 Å². The molecule has 4 atom stereocenters. The van der Waals surface area contributed by atoms with Gasteiger partial charge in [0.1, 0.15) is 46.5 Å². The van der Waals surface area contributed by atoms with Gasteiger partial charge in [-0.2, -0.15) is 18.3 Å². The first-order chi connectivity index (χ1) is 18.9. The van der Waals surface area contributed by atoms with Gasteiger partial charge in [-0.1, -0.05) is 28.4 Å². The highest BCUT2D eigenvalue weighted by Crippen LogP contribution is 2.40.